The lowest BCUT2D eigenvalue weighted by Crippen LogP contribution is -2.18. The highest BCUT2D eigenvalue weighted by Gasteiger charge is 2.30. The van der Waals surface area contributed by atoms with E-state index in [2.05, 4.69) is 15.6 Å². The number of para-hydroxylation sites is 1. The van der Waals surface area contributed by atoms with Gasteiger partial charge in [0.25, 0.3) is 5.91 Å². The van der Waals surface area contributed by atoms with Gasteiger partial charge in [-0.25, -0.2) is 0 Å². The first-order valence-corrected chi connectivity index (χ1v) is 7.05. The van der Waals surface area contributed by atoms with Crippen molar-refractivity contribution >= 4 is 11.6 Å². The van der Waals surface area contributed by atoms with Gasteiger partial charge in [0.2, 0.25) is 0 Å². The van der Waals surface area contributed by atoms with Gasteiger partial charge in [-0.05, 0) is 30.3 Å². The number of benzene rings is 1. The Morgan fingerprint density at radius 3 is 2.52 bits per heavy atom. The van der Waals surface area contributed by atoms with E-state index in [0.29, 0.717) is 18.4 Å². The average Bonchev–Trinajstić information content (AvgIpc) is 2.53. The molecule has 122 valence electrons. The van der Waals surface area contributed by atoms with Crippen molar-refractivity contribution in [1.82, 2.24) is 10.3 Å². The van der Waals surface area contributed by atoms with Gasteiger partial charge in [0.1, 0.15) is 5.69 Å². The molecule has 2 rings (SSSR count). The number of hydrogen-bond acceptors (Lipinski definition) is 3. The van der Waals surface area contributed by atoms with E-state index in [1.165, 1.54) is 0 Å². The summed E-state index contributed by atoms with van der Waals surface area (Å²) in [6.45, 7) is 3.32. The molecule has 0 atom stereocenters. The SMILES string of the molecule is CCNCc1ccccc1NC(=O)c1ccc(C(F)(F)F)cn1. The first-order chi connectivity index (χ1) is 10.9. The maximum atomic E-state index is 12.5. The molecule has 0 radical (unpaired) electrons. The summed E-state index contributed by atoms with van der Waals surface area (Å²) in [7, 11) is 0. The van der Waals surface area contributed by atoms with E-state index >= 15 is 0 Å². The van der Waals surface area contributed by atoms with Crippen LogP contribution in [0.15, 0.2) is 42.6 Å². The topological polar surface area (TPSA) is 54.0 Å². The Kier molecular flexibility index (Phi) is 5.33. The number of aromatic nitrogens is 1. The standard InChI is InChI=1S/C16H16F3N3O/c1-2-20-9-11-5-3-4-6-13(11)22-15(23)14-8-7-12(10-21-14)16(17,18)19/h3-8,10,20H,2,9H2,1H3,(H,22,23). The summed E-state index contributed by atoms with van der Waals surface area (Å²) in [4.78, 5) is 15.7. The van der Waals surface area contributed by atoms with Crippen molar-refractivity contribution in [3.63, 3.8) is 0 Å². The highest BCUT2D eigenvalue weighted by atomic mass is 19.4. The monoisotopic (exact) mass is 323 g/mol. The second-order valence-corrected chi connectivity index (χ2v) is 4.82. The minimum atomic E-state index is -4.47. The largest absolute Gasteiger partial charge is 0.417 e. The number of halogens is 3. The van der Waals surface area contributed by atoms with E-state index in [1.807, 2.05) is 19.1 Å². The van der Waals surface area contributed by atoms with Crippen molar-refractivity contribution in [1.29, 1.82) is 0 Å². The van der Waals surface area contributed by atoms with Gasteiger partial charge in [-0.2, -0.15) is 13.2 Å². The fourth-order valence-electron chi connectivity index (χ4n) is 1.94. The number of carbonyl (C=O) groups is 1. The Labute approximate surface area is 131 Å². The second-order valence-electron chi connectivity index (χ2n) is 4.82. The summed E-state index contributed by atoms with van der Waals surface area (Å²) >= 11 is 0. The lowest BCUT2D eigenvalue weighted by atomic mass is 10.1. The number of alkyl halides is 3. The predicted octanol–water partition coefficient (Wildman–Crippen LogP) is 3.46. The van der Waals surface area contributed by atoms with Crippen LogP contribution in [0.2, 0.25) is 0 Å². The average molecular weight is 323 g/mol. The molecule has 23 heavy (non-hydrogen) atoms. The van der Waals surface area contributed by atoms with Gasteiger partial charge in [0.05, 0.1) is 5.56 Å². The van der Waals surface area contributed by atoms with Crippen LogP contribution in [-0.4, -0.2) is 17.4 Å². The Bertz CT molecular complexity index is 669. The first kappa shape index (κ1) is 17.0. The number of hydrogen-bond donors (Lipinski definition) is 2. The van der Waals surface area contributed by atoms with Crippen molar-refractivity contribution in [3.8, 4) is 0 Å². The molecule has 0 saturated heterocycles. The van der Waals surface area contributed by atoms with Crippen LogP contribution in [0.25, 0.3) is 0 Å². The zero-order chi connectivity index (χ0) is 16.9. The Hall–Kier alpha value is -2.41. The lowest BCUT2D eigenvalue weighted by Gasteiger charge is -2.11. The summed E-state index contributed by atoms with van der Waals surface area (Å²) in [5, 5.41) is 5.82. The maximum Gasteiger partial charge on any atom is 0.417 e. The Morgan fingerprint density at radius 2 is 1.91 bits per heavy atom. The summed E-state index contributed by atoms with van der Waals surface area (Å²) in [5.41, 5.74) is 0.521. The van der Waals surface area contributed by atoms with E-state index < -0.39 is 17.6 Å². The molecule has 0 fully saturated rings. The molecular weight excluding hydrogens is 307 g/mol. The number of anilines is 1. The molecule has 0 unspecified atom stereocenters. The zero-order valence-electron chi connectivity index (χ0n) is 12.4. The molecule has 0 saturated carbocycles. The molecule has 0 aliphatic carbocycles. The third-order valence-corrected chi connectivity index (χ3v) is 3.15. The molecule has 1 heterocycles. The van der Waals surface area contributed by atoms with Crippen molar-refractivity contribution in [2.24, 2.45) is 0 Å². The highest BCUT2D eigenvalue weighted by molar-refractivity contribution is 6.03. The molecule has 0 bridgehead atoms. The smallest absolute Gasteiger partial charge is 0.320 e. The normalized spacial score (nSPS) is 11.3. The van der Waals surface area contributed by atoms with Crippen molar-refractivity contribution in [2.75, 3.05) is 11.9 Å². The van der Waals surface area contributed by atoms with Gasteiger partial charge in [-0.1, -0.05) is 25.1 Å². The fraction of sp³-hybridized carbons (Fsp3) is 0.250. The molecule has 0 aliphatic rings. The molecule has 7 heteroatoms. The van der Waals surface area contributed by atoms with Crippen LogP contribution in [-0.2, 0) is 12.7 Å². The molecule has 1 aromatic carbocycles. The third-order valence-electron chi connectivity index (χ3n) is 3.15. The molecule has 1 aromatic heterocycles. The lowest BCUT2D eigenvalue weighted by molar-refractivity contribution is -0.137. The van der Waals surface area contributed by atoms with Gasteiger partial charge in [0.15, 0.2) is 0 Å². The van der Waals surface area contributed by atoms with Crippen LogP contribution >= 0.6 is 0 Å². The quantitative estimate of drug-likeness (QED) is 0.886. The molecule has 0 aliphatic heterocycles. The number of nitrogens with one attached hydrogen (secondary N) is 2. The zero-order valence-corrected chi connectivity index (χ0v) is 12.4. The van der Waals surface area contributed by atoms with Crippen LogP contribution in [0.5, 0.6) is 0 Å². The van der Waals surface area contributed by atoms with E-state index in [-0.39, 0.29) is 5.69 Å². The summed E-state index contributed by atoms with van der Waals surface area (Å²) < 4.78 is 37.5. The molecule has 1 amide bonds. The molecular formula is C16H16F3N3O. The molecule has 2 aromatic rings. The van der Waals surface area contributed by atoms with Gasteiger partial charge in [0, 0.05) is 18.4 Å². The van der Waals surface area contributed by atoms with Gasteiger partial charge < -0.3 is 10.6 Å². The minimum absolute atomic E-state index is 0.0729. The number of amides is 1. The molecule has 2 N–H and O–H groups in total. The van der Waals surface area contributed by atoms with Crippen LogP contribution in [0.4, 0.5) is 18.9 Å². The predicted molar refractivity (Wildman–Crippen MR) is 81.0 cm³/mol. The highest BCUT2D eigenvalue weighted by Crippen LogP contribution is 2.28. The van der Waals surface area contributed by atoms with E-state index in [4.69, 9.17) is 0 Å². The second kappa shape index (κ2) is 7.23. The van der Waals surface area contributed by atoms with Crippen molar-refractivity contribution in [2.45, 2.75) is 19.6 Å². The number of nitrogens with zero attached hydrogens (tertiary/aromatic N) is 1. The van der Waals surface area contributed by atoms with Gasteiger partial charge in [-0.3, -0.25) is 9.78 Å². The summed E-state index contributed by atoms with van der Waals surface area (Å²) in [6, 6.07) is 9.11. The minimum Gasteiger partial charge on any atom is -0.320 e. The van der Waals surface area contributed by atoms with Crippen molar-refractivity contribution < 1.29 is 18.0 Å². The number of rotatable bonds is 5. The summed E-state index contributed by atoms with van der Waals surface area (Å²) in [6.07, 6.45) is -3.82. The molecule has 0 spiro atoms. The Morgan fingerprint density at radius 1 is 1.17 bits per heavy atom. The maximum absolute atomic E-state index is 12.5. The van der Waals surface area contributed by atoms with Crippen LogP contribution < -0.4 is 10.6 Å². The van der Waals surface area contributed by atoms with Gasteiger partial charge >= 0.3 is 6.18 Å². The van der Waals surface area contributed by atoms with Crippen molar-refractivity contribution in [3.05, 3.63) is 59.4 Å². The fourth-order valence-corrected chi connectivity index (χ4v) is 1.94. The van der Waals surface area contributed by atoms with E-state index in [0.717, 1.165) is 24.2 Å². The number of carbonyl (C=O) groups excluding carboxylic acids is 1. The van der Waals surface area contributed by atoms with E-state index in [1.54, 1.807) is 12.1 Å². The van der Waals surface area contributed by atoms with Crippen LogP contribution in [0.3, 0.4) is 0 Å². The first-order valence-electron chi connectivity index (χ1n) is 7.05. The third kappa shape index (κ3) is 4.53. The van der Waals surface area contributed by atoms with E-state index in [9.17, 15) is 18.0 Å². The number of pyridine rings is 1. The summed E-state index contributed by atoms with van der Waals surface area (Å²) in [5.74, 6) is -0.553. The van der Waals surface area contributed by atoms with Crippen LogP contribution in [0.1, 0.15) is 28.5 Å². The Balaban J connectivity index is 2.13. The van der Waals surface area contributed by atoms with Crippen LogP contribution in [0, 0.1) is 0 Å². The molecule has 4 nitrogen and oxygen atoms in total. The van der Waals surface area contributed by atoms with Gasteiger partial charge in [-0.15, -0.1) is 0 Å².